The maximum absolute atomic E-state index is 12.0. The number of amides is 1. The molecule has 0 radical (unpaired) electrons. The number of anilines is 1. The van der Waals surface area contributed by atoms with E-state index in [0.717, 1.165) is 31.5 Å². The highest BCUT2D eigenvalue weighted by atomic mass is 16.3. The van der Waals surface area contributed by atoms with Crippen LogP contribution in [0.25, 0.3) is 0 Å². The molecule has 1 unspecified atom stereocenters. The third-order valence-corrected chi connectivity index (χ3v) is 4.28. The SMILES string of the molecule is CC1(O)CCN(CC(=O)Nc2ccc3c(c2)CCC3)C1. The second-order valence-electron chi connectivity index (χ2n) is 6.34. The summed E-state index contributed by atoms with van der Waals surface area (Å²) in [6, 6.07) is 6.21. The maximum atomic E-state index is 12.0. The number of fused-ring (bicyclic) bond motifs is 1. The van der Waals surface area contributed by atoms with Gasteiger partial charge in [-0.25, -0.2) is 0 Å². The van der Waals surface area contributed by atoms with Crippen molar-refractivity contribution in [1.29, 1.82) is 0 Å². The Morgan fingerprint density at radius 2 is 2.20 bits per heavy atom. The van der Waals surface area contributed by atoms with E-state index in [1.807, 2.05) is 17.9 Å². The van der Waals surface area contributed by atoms with Gasteiger partial charge in [-0.15, -0.1) is 0 Å². The lowest BCUT2D eigenvalue weighted by Crippen LogP contribution is -2.35. The van der Waals surface area contributed by atoms with Crippen LogP contribution in [0.4, 0.5) is 5.69 Å². The highest BCUT2D eigenvalue weighted by Crippen LogP contribution is 2.25. The first-order valence-electron chi connectivity index (χ1n) is 7.38. The minimum Gasteiger partial charge on any atom is -0.389 e. The van der Waals surface area contributed by atoms with Crippen molar-refractivity contribution in [2.45, 2.75) is 38.2 Å². The lowest BCUT2D eigenvalue weighted by Gasteiger charge is -2.18. The molecule has 1 heterocycles. The molecule has 1 aromatic rings. The zero-order chi connectivity index (χ0) is 14.2. The van der Waals surface area contributed by atoms with Crippen LogP contribution >= 0.6 is 0 Å². The Bertz CT molecular complexity index is 525. The summed E-state index contributed by atoms with van der Waals surface area (Å²) >= 11 is 0. The monoisotopic (exact) mass is 274 g/mol. The van der Waals surface area contributed by atoms with Crippen LogP contribution < -0.4 is 5.32 Å². The van der Waals surface area contributed by atoms with Crippen molar-refractivity contribution < 1.29 is 9.90 Å². The van der Waals surface area contributed by atoms with Gasteiger partial charge in [0.25, 0.3) is 0 Å². The smallest absolute Gasteiger partial charge is 0.238 e. The van der Waals surface area contributed by atoms with E-state index >= 15 is 0 Å². The minimum atomic E-state index is -0.645. The molecule has 0 spiro atoms. The van der Waals surface area contributed by atoms with E-state index < -0.39 is 5.60 Å². The maximum Gasteiger partial charge on any atom is 0.238 e. The van der Waals surface area contributed by atoms with Gasteiger partial charge in [0.2, 0.25) is 5.91 Å². The number of carbonyl (C=O) groups is 1. The molecule has 0 aromatic heterocycles. The summed E-state index contributed by atoms with van der Waals surface area (Å²) < 4.78 is 0. The van der Waals surface area contributed by atoms with Crippen molar-refractivity contribution >= 4 is 11.6 Å². The number of likely N-dealkylation sites (tertiary alicyclic amines) is 1. The number of hydrogen-bond donors (Lipinski definition) is 2. The number of aliphatic hydroxyl groups is 1. The summed E-state index contributed by atoms with van der Waals surface area (Å²) in [6.45, 7) is 3.54. The van der Waals surface area contributed by atoms with E-state index in [9.17, 15) is 9.90 Å². The van der Waals surface area contributed by atoms with E-state index in [0.29, 0.717) is 13.1 Å². The van der Waals surface area contributed by atoms with Gasteiger partial charge >= 0.3 is 0 Å². The Kier molecular flexibility index (Phi) is 3.52. The van der Waals surface area contributed by atoms with Crippen LogP contribution in [0.3, 0.4) is 0 Å². The van der Waals surface area contributed by atoms with E-state index in [1.54, 1.807) is 0 Å². The number of carbonyl (C=O) groups excluding carboxylic acids is 1. The van der Waals surface area contributed by atoms with Gasteiger partial charge in [0.05, 0.1) is 12.1 Å². The van der Waals surface area contributed by atoms with Crippen molar-refractivity contribution in [3.05, 3.63) is 29.3 Å². The van der Waals surface area contributed by atoms with Crippen LogP contribution in [-0.4, -0.2) is 41.1 Å². The van der Waals surface area contributed by atoms with Crippen LogP contribution in [-0.2, 0) is 17.6 Å². The largest absolute Gasteiger partial charge is 0.389 e. The third kappa shape index (κ3) is 3.02. The molecule has 1 aromatic carbocycles. The predicted molar refractivity (Wildman–Crippen MR) is 78.8 cm³/mol. The number of β-amino-alcohol motifs (C(OH)–C–C–N with tert-alkyl or cyclic N) is 1. The van der Waals surface area contributed by atoms with E-state index in [4.69, 9.17) is 0 Å². The Hall–Kier alpha value is -1.39. The van der Waals surface area contributed by atoms with Gasteiger partial charge in [0.15, 0.2) is 0 Å². The summed E-state index contributed by atoms with van der Waals surface area (Å²) in [5.41, 5.74) is 3.03. The predicted octanol–water partition coefficient (Wildman–Crippen LogP) is 1.57. The summed E-state index contributed by atoms with van der Waals surface area (Å²) in [6.07, 6.45) is 4.23. The number of nitrogens with zero attached hydrogens (tertiary/aromatic N) is 1. The second kappa shape index (κ2) is 5.19. The lowest BCUT2D eigenvalue weighted by molar-refractivity contribution is -0.117. The van der Waals surface area contributed by atoms with Gasteiger partial charge in [0.1, 0.15) is 0 Å². The molecular formula is C16H22N2O2. The van der Waals surface area contributed by atoms with Crippen molar-refractivity contribution in [1.82, 2.24) is 4.90 Å². The molecule has 0 saturated carbocycles. The Morgan fingerprint density at radius 1 is 1.40 bits per heavy atom. The molecule has 2 aliphatic rings. The quantitative estimate of drug-likeness (QED) is 0.879. The van der Waals surface area contributed by atoms with Crippen LogP contribution in [0.1, 0.15) is 30.9 Å². The molecule has 2 N–H and O–H groups in total. The summed E-state index contributed by atoms with van der Waals surface area (Å²) in [7, 11) is 0. The fourth-order valence-electron chi connectivity index (χ4n) is 3.23. The molecule has 1 atom stereocenters. The molecule has 20 heavy (non-hydrogen) atoms. The van der Waals surface area contributed by atoms with Crippen LogP contribution in [0.15, 0.2) is 18.2 Å². The molecule has 4 heteroatoms. The Balaban J connectivity index is 1.57. The molecular weight excluding hydrogens is 252 g/mol. The topological polar surface area (TPSA) is 52.6 Å². The van der Waals surface area contributed by atoms with Crippen LogP contribution in [0.2, 0.25) is 0 Å². The van der Waals surface area contributed by atoms with E-state index in [-0.39, 0.29) is 5.91 Å². The van der Waals surface area contributed by atoms with Crippen molar-refractivity contribution in [2.75, 3.05) is 25.0 Å². The summed E-state index contributed by atoms with van der Waals surface area (Å²) in [5, 5.41) is 12.9. The number of rotatable bonds is 3. The van der Waals surface area contributed by atoms with Gasteiger partial charge in [-0.1, -0.05) is 6.07 Å². The van der Waals surface area contributed by atoms with Gasteiger partial charge < -0.3 is 10.4 Å². The van der Waals surface area contributed by atoms with Gasteiger partial charge in [-0.2, -0.15) is 0 Å². The first-order chi connectivity index (χ1) is 9.52. The highest BCUT2D eigenvalue weighted by molar-refractivity contribution is 5.92. The van der Waals surface area contributed by atoms with Crippen molar-refractivity contribution in [2.24, 2.45) is 0 Å². The van der Waals surface area contributed by atoms with Gasteiger partial charge in [-0.3, -0.25) is 9.69 Å². The second-order valence-corrected chi connectivity index (χ2v) is 6.34. The van der Waals surface area contributed by atoms with Crippen LogP contribution in [0, 0.1) is 0 Å². The minimum absolute atomic E-state index is 0.000599. The zero-order valence-corrected chi connectivity index (χ0v) is 12.0. The van der Waals surface area contributed by atoms with E-state index in [2.05, 4.69) is 17.4 Å². The molecule has 0 bridgehead atoms. The molecule has 1 aliphatic carbocycles. The molecule has 1 saturated heterocycles. The Labute approximate surface area is 119 Å². The first kappa shape index (κ1) is 13.6. The Morgan fingerprint density at radius 3 is 2.95 bits per heavy atom. The molecule has 1 aliphatic heterocycles. The van der Waals surface area contributed by atoms with Gasteiger partial charge in [0, 0.05) is 18.8 Å². The summed E-state index contributed by atoms with van der Waals surface area (Å²) in [4.78, 5) is 14.0. The number of nitrogens with one attached hydrogen (secondary N) is 1. The van der Waals surface area contributed by atoms with E-state index in [1.165, 1.54) is 17.5 Å². The number of aryl methyl sites for hydroxylation is 2. The van der Waals surface area contributed by atoms with Crippen molar-refractivity contribution in [3.63, 3.8) is 0 Å². The highest BCUT2D eigenvalue weighted by Gasteiger charge is 2.32. The molecule has 1 amide bonds. The molecule has 108 valence electrons. The third-order valence-electron chi connectivity index (χ3n) is 4.28. The zero-order valence-electron chi connectivity index (χ0n) is 12.0. The lowest BCUT2D eigenvalue weighted by atomic mass is 10.1. The van der Waals surface area contributed by atoms with Crippen molar-refractivity contribution in [3.8, 4) is 0 Å². The average Bonchev–Trinajstić information content (AvgIpc) is 2.95. The van der Waals surface area contributed by atoms with Crippen LogP contribution in [0.5, 0.6) is 0 Å². The summed E-state index contributed by atoms with van der Waals surface area (Å²) in [5.74, 6) is 0.000599. The molecule has 4 nitrogen and oxygen atoms in total. The number of benzene rings is 1. The van der Waals surface area contributed by atoms with Gasteiger partial charge in [-0.05, 0) is 55.9 Å². The standard InChI is InChI=1S/C16H22N2O2/c1-16(20)7-8-18(11-16)10-15(19)17-14-6-5-12-3-2-4-13(12)9-14/h5-6,9,20H,2-4,7-8,10-11H2,1H3,(H,17,19). The molecule has 3 rings (SSSR count). The first-order valence-corrected chi connectivity index (χ1v) is 7.38. The number of hydrogen-bond acceptors (Lipinski definition) is 3. The normalized spacial score (nSPS) is 25.7. The average molecular weight is 274 g/mol. The fraction of sp³-hybridized carbons (Fsp3) is 0.562. The fourth-order valence-corrected chi connectivity index (χ4v) is 3.23. The molecule has 1 fully saturated rings.